The number of carbonyl (C=O) groups is 2. The molecule has 0 spiro atoms. The molecule has 0 aliphatic heterocycles. The number of amides is 2. The molecule has 0 saturated carbocycles. The van der Waals surface area contributed by atoms with Crippen LogP contribution in [0, 0.1) is 17.2 Å². The maximum absolute atomic E-state index is 11.8. The van der Waals surface area contributed by atoms with E-state index < -0.39 is 18.2 Å². The molecular weight excluding hydrogens is 381 g/mol. The van der Waals surface area contributed by atoms with E-state index in [-0.39, 0.29) is 5.82 Å². The Kier molecular flexibility index (Phi) is 10.3. The van der Waals surface area contributed by atoms with Gasteiger partial charge >= 0.3 is 18.2 Å². The standard InChI is InChI=1S/C14H22N6O.C2HF3O2/c1-4-5-8-19(14(16)21)20(10-11(2)3)13-6-7-17-12(9-15)18-13;3-2(4,5)1(6)7/h6-7,11H,4-5,8,10H2,1-3H3,(H2,16,21);(H,6,7). The SMILES string of the molecule is CCCCN(C(N)=O)N(CC(C)C)c1ccnc(C#N)n1.O=C(O)C(F)(F)F. The maximum atomic E-state index is 11.8. The topological polar surface area (TPSA) is 136 Å². The monoisotopic (exact) mass is 404 g/mol. The summed E-state index contributed by atoms with van der Waals surface area (Å²) < 4.78 is 31.7. The number of aromatic nitrogens is 2. The molecular formula is C16H23F3N6O3. The van der Waals surface area contributed by atoms with E-state index in [1.807, 2.05) is 26.8 Å². The lowest BCUT2D eigenvalue weighted by Gasteiger charge is -2.35. The summed E-state index contributed by atoms with van der Waals surface area (Å²) in [6.07, 6.45) is -1.78. The number of hydrogen-bond acceptors (Lipinski definition) is 6. The van der Waals surface area contributed by atoms with Crippen molar-refractivity contribution in [2.45, 2.75) is 39.8 Å². The molecule has 0 saturated heterocycles. The third-order valence-electron chi connectivity index (χ3n) is 3.06. The lowest BCUT2D eigenvalue weighted by molar-refractivity contribution is -0.192. The zero-order valence-corrected chi connectivity index (χ0v) is 15.8. The fraction of sp³-hybridized carbons (Fsp3) is 0.562. The molecule has 0 atom stereocenters. The van der Waals surface area contributed by atoms with Gasteiger partial charge < -0.3 is 10.8 Å². The van der Waals surface area contributed by atoms with Gasteiger partial charge in [0.15, 0.2) is 5.82 Å². The molecule has 0 unspecified atom stereocenters. The van der Waals surface area contributed by atoms with Crippen LogP contribution in [0.4, 0.5) is 23.8 Å². The van der Waals surface area contributed by atoms with Crippen LogP contribution in [0.1, 0.15) is 39.4 Å². The van der Waals surface area contributed by atoms with Gasteiger partial charge in [0.2, 0.25) is 5.82 Å². The fourth-order valence-corrected chi connectivity index (χ4v) is 1.87. The van der Waals surface area contributed by atoms with Crippen LogP contribution < -0.4 is 10.7 Å². The number of aliphatic carboxylic acids is 1. The number of urea groups is 1. The van der Waals surface area contributed by atoms with Gasteiger partial charge in [-0.25, -0.2) is 19.6 Å². The van der Waals surface area contributed by atoms with Gasteiger partial charge in [0.1, 0.15) is 6.07 Å². The highest BCUT2D eigenvalue weighted by molar-refractivity contribution is 5.74. The van der Waals surface area contributed by atoms with Crippen molar-refractivity contribution in [1.29, 1.82) is 5.26 Å². The summed E-state index contributed by atoms with van der Waals surface area (Å²) in [4.78, 5) is 28.7. The van der Waals surface area contributed by atoms with E-state index in [0.29, 0.717) is 24.8 Å². The zero-order valence-electron chi connectivity index (χ0n) is 15.8. The molecule has 0 bridgehead atoms. The third-order valence-corrected chi connectivity index (χ3v) is 3.06. The molecule has 2 amide bonds. The molecule has 0 radical (unpaired) electrons. The Morgan fingerprint density at radius 3 is 2.36 bits per heavy atom. The van der Waals surface area contributed by atoms with Crippen molar-refractivity contribution in [3.63, 3.8) is 0 Å². The number of unbranched alkanes of at least 4 members (excludes halogenated alkanes) is 1. The summed E-state index contributed by atoms with van der Waals surface area (Å²) >= 11 is 0. The van der Waals surface area contributed by atoms with Gasteiger partial charge in [0.25, 0.3) is 0 Å². The molecule has 0 aliphatic carbocycles. The van der Waals surface area contributed by atoms with Gasteiger partial charge in [0.05, 0.1) is 0 Å². The predicted octanol–water partition coefficient (Wildman–Crippen LogP) is 2.54. The number of primary amides is 1. The molecule has 0 aliphatic rings. The summed E-state index contributed by atoms with van der Waals surface area (Å²) in [5, 5.41) is 19.2. The van der Waals surface area contributed by atoms with Crippen molar-refractivity contribution in [1.82, 2.24) is 15.0 Å². The molecule has 3 N–H and O–H groups in total. The molecule has 0 aromatic carbocycles. The van der Waals surface area contributed by atoms with Gasteiger partial charge in [-0.1, -0.05) is 27.2 Å². The van der Waals surface area contributed by atoms with Gasteiger partial charge in [-0.2, -0.15) is 23.4 Å². The first kappa shape index (κ1) is 24.9. The molecule has 1 rings (SSSR count). The van der Waals surface area contributed by atoms with E-state index in [9.17, 15) is 18.0 Å². The summed E-state index contributed by atoms with van der Waals surface area (Å²) in [5.41, 5.74) is 5.50. The van der Waals surface area contributed by atoms with Gasteiger partial charge in [-0.05, 0) is 12.3 Å². The molecule has 28 heavy (non-hydrogen) atoms. The summed E-state index contributed by atoms with van der Waals surface area (Å²) in [7, 11) is 0. The second-order valence-corrected chi connectivity index (χ2v) is 5.94. The second kappa shape index (κ2) is 11.6. The second-order valence-electron chi connectivity index (χ2n) is 5.94. The number of halogens is 3. The van der Waals surface area contributed by atoms with Gasteiger partial charge in [-0.3, -0.25) is 5.01 Å². The lowest BCUT2D eigenvalue weighted by atomic mass is 10.2. The number of carboxylic acids is 1. The molecule has 1 heterocycles. The highest BCUT2D eigenvalue weighted by atomic mass is 19.4. The summed E-state index contributed by atoms with van der Waals surface area (Å²) in [6.45, 7) is 7.22. The number of hydrazine groups is 1. The van der Waals surface area contributed by atoms with Crippen molar-refractivity contribution in [3.05, 3.63) is 18.1 Å². The highest BCUT2D eigenvalue weighted by Gasteiger charge is 2.38. The van der Waals surface area contributed by atoms with Crippen LogP contribution >= 0.6 is 0 Å². The van der Waals surface area contributed by atoms with E-state index in [1.54, 1.807) is 11.1 Å². The smallest absolute Gasteiger partial charge is 0.475 e. The summed E-state index contributed by atoms with van der Waals surface area (Å²) in [6, 6.07) is 3.05. The number of carboxylic acid groups (broad SMARTS) is 1. The number of nitriles is 1. The Bertz CT molecular complexity index is 691. The van der Waals surface area contributed by atoms with Gasteiger partial charge in [0, 0.05) is 25.4 Å². The Hall–Kier alpha value is -3.10. The molecule has 1 aromatic rings. The molecule has 0 fully saturated rings. The minimum absolute atomic E-state index is 0.0705. The molecule has 12 heteroatoms. The van der Waals surface area contributed by atoms with Crippen molar-refractivity contribution >= 4 is 17.8 Å². The predicted molar refractivity (Wildman–Crippen MR) is 93.8 cm³/mol. The minimum Gasteiger partial charge on any atom is -0.475 e. The maximum Gasteiger partial charge on any atom is 0.490 e. The number of alkyl halides is 3. The van der Waals surface area contributed by atoms with Crippen LogP contribution in [0.25, 0.3) is 0 Å². The average molecular weight is 404 g/mol. The van der Waals surface area contributed by atoms with Crippen LogP contribution in [0.15, 0.2) is 12.3 Å². The van der Waals surface area contributed by atoms with E-state index in [2.05, 4.69) is 9.97 Å². The number of hydrogen-bond donors (Lipinski definition) is 2. The van der Waals surface area contributed by atoms with E-state index in [1.165, 1.54) is 11.2 Å². The summed E-state index contributed by atoms with van der Waals surface area (Å²) in [5.74, 6) is -1.88. The third kappa shape index (κ3) is 9.02. The first-order valence-corrected chi connectivity index (χ1v) is 8.31. The van der Waals surface area contributed by atoms with Crippen LogP contribution in [0.3, 0.4) is 0 Å². The van der Waals surface area contributed by atoms with Crippen molar-refractivity contribution < 1.29 is 27.9 Å². The normalized spacial score (nSPS) is 10.5. The fourth-order valence-electron chi connectivity index (χ4n) is 1.87. The first-order chi connectivity index (χ1) is 12.9. The largest absolute Gasteiger partial charge is 0.490 e. The lowest BCUT2D eigenvalue weighted by Crippen LogP contribution is -2.51. The quantitative estimate of drug-likeness (QED) is 0.666. The Morgan fingerprint density at radius 1 is 1.39 bits per heavy atom. The Morgan fingerprint density at radius 2 is 1.96 bits per heavy atom. The Labute approximate surface area is 160 Å². The average Bonchev–Trinajstić information content (AvgIpc) is 2.60. The van der Waals surface area contributed by atoms with Crippen molar-refractivity contribution in [2.75, 3.05) is 18.1 Å². The number of nitrogens with two attached hydrogens (primary N) is 1. The molecule has 156 valence electrons. The minimum atomic E-state index is -5.08. The number of anilines is 1. The molecule has 9 nitrogen and oxygen atoms in total. The van der Waals surface area contributed by atoms with Crippen molar-refractivity contribution in [3.8, 4) is 6.07 Å². The first-order valence-electron chi connectivity index (χ1n) is 8.31. The van der Waals surface area contributed by atoms with E-state index >= 15 is 0 Å². The van der Waals surface area contributed by atoms with Crippen LogP contribution in [0.5, 0.6) is 0 Å². The van der Waals surface area contributed by atoms with Crippen LogP contribution in [-0.2, 0) is 4.79 Å². The number of nitrogens with zero attached hydrogens (tertiary/aromatic N) is 5. The van der Waals surface area contributed by atoms with Crippen LogP contribution in [0.2, 0.25) is 0 Å². The Balaban J connectivity index is 0.000000887. The van der Waals surface area contributed by atoms with Crippen LogP contribution in [-0.4, -0.2) is 51.3 Å². The van der Waals surface area contributed by atoms with E-state index in [4.69, 9.17) is 20.9 Å². The zero-order chi connectivity index (χ0) is 21.9. The van der Waals surface area contributed by atoms with Crippen molar-refractivity contribution in [2.24, 2.45) is 11.7 Å². The van der Waals surface area contributed by atoms with Gasteiger partial charge in [-0.15, -0.1) is 0 Å². The molecule has 1 aromatic heterocycles. The van der Waals surface area contributed by atoms with E-state index in [0.717, 1.165) is 12.8 Å². The number of rotatable bonds is 7. The number of carbonyl (C=O) groups excluding carboxylic acids is 1. The highest BCUT2D eigenvalue weighted by Crippen LogP contribution is 2.16.